The molecule has 4 rings (SSSR count). The number of nitrogens with two attached hydrogens (primary N) is 1. The molecule has 2 aliphatic heterocycles. The van der Waals surface area contributed by atoms with Crippen LogP contribution in [0.2, 0.25) is 0 Å². The summed E-state index contributed by atoms with van der Waals surface area (Å²) in [4.78, 5) is 15.3. The Balaban J connectivity index is 1.73. The summed E-state index contributed by atoms with van der Waals surface area (Å²) in [6.45, 7) is 2.83. The lowest BCUT2D eigenvalue weighted by atomic mass is 9.98. The maximum atomic E-state index is 12.4. The first-order valence-electron chi connectivity index (χ1n) is 7.71. The normalized spacial score (nSPS) is 20.5. The quantitative estimate of drug-likeness (QED) is 0.852. The molecule has 2 N–H and O–H groups in total. The molecule has 1 fully saturated rings. The van der Waals surface area contributed by atoms with Gasteiger partial charge in [0, 0.05) is 30.6 Å². The summed E-state index contributed by atoms with van der Waals surface area (Å²) in [5.41, 5.74) is 7.69. The highest BCUT2D eigenvalue weighted by Gasteiger charge is 2.31. The summed E-state index contributed by atoms with van der Waals surface area (Å²) < 4.78 is 11.5. The van der Waals surface area contributed by atoms with Gasteiger partial charge in [-0.05, 0) is 17.7 Å². The molecule has 2 aliphatic rings. The first-order valence-corrected chi connectivity index (χ1v) is 8.70. The van der Waals surface area contributed by atoms with E-state index in [-0.39, 0.29) is 11.3 Å². The maximum Gasteiger partial charge on any atom is 0.200 e. The van der Waals surface area contributed by atoms with E-state index in [1.165, 1.54) is 0 Å². The number of anilines is 2. The Morgan fingerprint density at radius 2 is 1.91 bits per heavy atom. The van der Waals surface area contributed by atoms with Gasteiger partial charge >= 0.3 is 0 Å². The summed E-state index contributed by atoms with van der Waals surface area (Å²) >= 11 is 1.58. The van der Waals surface area contributed by atoms with Crippen LogP contribution in [-0.2, 0) is 4.74 Å². The maximum absolute atomic E-state index is 12.4. The second kappa shape index (κ2) is 5.94. The highest BCUT2D eigenvalue weighted by molar-refractivity contribution is 7.99. The molecule has 0 saturated carbocycles. The van der Waals surface area contributed by atoms with Gasteiger partial charge in [-0.2, -0.15) is 0 Å². The number of thioether (sulfide) groups is 1. The van der Waals surface area contributed by atoms with Crippen molar-refractivity contribution in [3.63, 3.8) is 0 Å². The topological polar surface area (TPSA) is 68.7 Å². The van der Waals surface area contributed by atoms with E-state index < -0.39 is 0 Å². The van der Waals surface area contributed by atoms with Gasteiger partial charge in [0.05, 0.1) is 24.0 Å². The molecule has 3 heterocycles. The summed E-state index contributed by atoms with van der Waals surface area (Å²) in [5, 5.41) is 0. The van der Waals surface area contributed by atoms with Crippen molar-refractivity contribution in [1.82, 2.24) is 0 Å². The van der Waals surface area contributed by atoms with Crippen LogP contribution in [0.15, 0.2) is 44.4 Å². The zero-order valence-electron chi connectivity index (χ0n) is 12.7. The molecule has 1 aromatic heterocycles. The largest absolute Gasteiger partial charge is 0.443 e. The van der Waals surface area contributed by atoms with Gasteiger partial charge in [0.1, 0.15) is 5.76 Å². The number of benzene rings is 1. The minimum atomic E-state index is 0.0516. The van der Waals surface area contributed by atoms with Crippen LogP contribution in [0.5, 0.6) is 0 Å². The highest BCUT2D eigenvalue weighted by atomic mass is 32.2. The van der Waals surface area contributed by atoms with Crippen LogP contribution in [0.1, 0.15) is 17.2 Å². The van der Waals surface area contributed by atoms with Crippen LogP contribution in [0.3, 0.4) is 0 Å². The number of rotatable bonds is 2. The van der Waals surface area contributed by atoms with E-state index in [0.717, 1.165) is 40.7 Å². The Hall–Kier alpha value is -1.92. The average molecular weight is 330 g/mol. The van der Waals surface area contributed by atoms with E-state index in [1.807, 2.05) is 24.3 Å². The van der Waals surface area contributed by atoms with Gasteiger partial charge in [-0.25, -0.2) is 0 Å². The lowest BCUT2D eigenvalue weighted by Gasteiger charge is -2.27. The van der Waals surface area contributed by atoms with Crippen LogP contribution in [0.4, 0.5) is 11.6 Å². The smallest absolute Gasteiger partial charge is 0.200 e. The molecule has 120 valence electrons. The molecule has 1 atom stereocenters. The summed E-state index contributed by atoms with van der Waals surface area (Å²) in [6.07, 6.45) is 0. The van der Waals surface area contributed by atoms with E-state index in [0.29, 0.717) is 19.1 Å². The van der Waals surface area contributed by atoms with Crippen molar-refractivity contribution in [1.29, 1.82) is 0 Å². The van der Waals surface area contributed by atoms with Crippen LogP contribution < -0.4 is 16.1 Å². The van der Waals surface area contributed by atoms with Crippen LogP contribution >= 0.6 is 11.8 Å². The summed E-state index contributed by atoms with van der Waals surface area (Å²) in [6, 6.07) is 9.42. The molecule has 0 bridgehead atoms. The molecule has 0 amide bonds. The lowest BCUT2D eigenvalue weighted by molar-refractivity contribution is 0.120. The fourth-order valence-corrected chi connectivity index (χ4v) is 4.22. The van der Waals surface area contributed by atoms with Crippen molar-refractivity contribution in [3.8, 4) is 0 Å². The third-order valence-corrected chi connectivity index (χ3v) is 5.48. The number of morpholine rings is 1. The Morgan fingerprint density at radius 3 is 2.65 bits per heavy atom. The van der Waals surface area contributed by atoms with Crippen LogP contribution in [-0.4, -0.2) is 32.1 Å². The van der Waals surface area contributed by atoms with E-state index in [9.17, 15) is 4.79 Å². The predicted molar refractivity (Wildman–Crippen MR) is 91.4 cm³/mol. The standard InChI is InChI=1S/C17H18N2O3S/c18-12-3-1-11(2-4-12)13-10-23-17-14(20)9-15(22-16(13)17)19-5-7-21-8-6-19/h1-4,9,13H,5-8,10,18H2. The van der Waals surface area contributed by atoms with Gasteiger partial charge in [0.25, 0.3) is 0 Å². The lowest BCUT2D eigenvalue weighted by Crippen LogP contribution is -2.36. The Bertz CT molecular complexity index is 766. The van der Waals surface area contributed by atoms with Crippen molar-refractivity contribution in [2.45, 2.75) is 10.8 Å². The van der Waals surface area contributed by atoms with Gasteiger partial charge in [-0.3, -0.25) is 4.79 Å². The van der Waals surface area contributed by atoms with E-state index >= 15 is 0 Å². The zero-order chi connectivity index (χ0) is 15.8. The third kappa shape index (κ3) is 2.72. The summed E-state index contributed by atoms with van der Waals surface area (Å²) in [7, 11) is 0. The number of nitrogens with zero attached hydrogens (tertiary/aromatic N) is 1. The van der Waals surface area contributed by atoms with Crippen molar-refractivity contribution in [2.75, 3.05) is 42.7 Å². The summed E-state index contributed by atoms with van der Waals surface area (Å²) in [5.74, 6) is 2.36. The van der Waals surface area contributed by atoms with E-state index in [2.05, 4.69) is 4.90 Å². The fraction of sp³-hybridized carbons (Fsp3) is 0.353. The molecular weight excluding hydrogens is 312 g/mol. The Morgan fingerprint density at radius 1 is 1.17 bits per heavy atom. The molecule has 2 aromatic rings. The van der Waals surface area contributed by atoms with Crippen molar-refractivity contribution in [3.05, 3.63) is 51.9 Å². The van der Waals surface area contributed by atoms with Gasteiger partial charge in [-0.15, -0.1) is 11.8 Å². The second-order valence-electron chi connectivity index (χ2n) is 5.77. The first-order chi connectivity index (χ1) is 11.2. The number of hydrogen-bond donors (Lipinski definition) is 1. The average Bonchev–Trinajstić information content (AvgIpc) is 3.01. The minimum absolute atomic E-state index is 0.0516. The zero-order valence-corrected chi connectivity index (χ0v) is 13.5. The molecule has 1 saturated heterocycles. The Labute approximate surface area is 138 Å². The van der Waals surface area contributed by atoms with Gasteiger partial charge in [0.2, 0.25) is 5.43 Å². The highest BCUT2D eigenvalue weighted by Crippen LogP contribution is 2.42. The molecule has 0 radical (unpaired) electrons. The van der Waals surface area contributed by atoms with E-state index in [1.54, 1.807) is 17.8 Å². The first kappa shape index (κ1) is 14.7. The number of fused-ring (bicyclic) bond motifs is 1. The van der Waals surface area contributed by atoms with Gasteiger partial charge < -0.3 is 19.8 Å². The second-order valence-corrected chi connectivity index (χ2v) is 6.80. The molecule has 5 nitrogen and oxygen atoms in total. The number of hydrogen-bond acceptors (Lipinski definition) is 6. The van der Waals surface area contributed by atoms with Crippen LogP contribution in [0.25, 0.3) is 0 Å². The Kier molecular flexibility index (Phi) is 3.79. The molecule has 1 aromatic carbocycles. The van der Waals surface area contributed by atoms with Crippen molar-refractivity contribution in [2.24, 2.45) is 0 Å². The van der Waals surface area contributed by atoms with Gasteiger partial charge in [-0.1, -0.05) is 12.1 Å². The minimum Gasteiger partial charge on any atom is -0.443 e. The number of nitrogen functional groups attached to an aromatic ring is 1. The van der Waals surface area contributed by atoms with Crippen molar-refractivity contribution < 1.29 is 9.15 Å². The van der Waals surface area contributed by atoms with E-state index in [4.69, 9.17) is 14.9 Å². The predicted octanol–water partition coefficient (Wildman–Crippen LogP) is 2.30. The number of ether oxygens (including phenoxy) is 1. The molecular formula is C17H18N2O3S. The fourth-order valence-electron chi connectivity index (χ4n) is 3.02. The van der Waals surface area contributed by atoms with Gasteiger partial charge in [0.15, 0.2) is 5.88 Å². The van der Waals surface area contributed by atoms with Crippen molar-refractivity contribution >= 4 is 23.3 Å². The van der Waals surface area contributed by atoms with Crippen LogP contribution in [0, 0.1) is 0 Å². The molecule has 1 unspecified atom stereocenters. The third-order valence-electron chi connectivity index (χ3n) is 4.29. The molecule has 0 spiro atoms. The monoisotopic (exact) mass is 330 g/mol. The SMILES string of the molecule is Nc1ccc(C2CSc3c2oc(N2CCOCC2)cc3=O)cc1. The molecule has 23 heavy (non-hydrogen) atoms. The molecule has 0 aliphatic carbocycles. The molecule has 6 heteroatoms.